The number of nitrogens with zero attached hydrogens (tertiary/aromatic N) is 4. The first-order valence-electron chi connectivity index (χ1n) is 12.1. The predicted octanol–water partition coefficient (Wildman–Crippen LogP) is 5.32. The van der Waals surface area contributed by atoms with Crippen LogP contribution in [0, 0.1) is 5.82 Å². The quantitative estimate of drug-likeness (QED) is 0.404. The van der Waals surface area contributed by atoms with Crippen LogP contribution in [0.25, 0.3) is 33.7 Å². The molecule has 0 atom stereocenters. The Labute approximate surface area is 208 Å². The van der Waals surface area contributed by atoms with Crippen molar-refractivity contribution in [2.45, 2.75) is 45.3 Å². The molecule has 0 spiro atoms. The fourth-order valence-corrected chi connectivity index (χ4v) is 4.27. The summed E-state index contributed by atoms with van der Waals surface area (Å²) < 4.78 is 18.6. The minimum absolute atomic E-state index is 0.0994. The van der Waals surface area contributed by atoms with Crippen LogP contribution in [-0.2, 0) is 4.74 Å². The molecule has 0 saturated carbocycles. The number of nitrogens with one attached hydrogen (secondary N) is 2. The molecule has 9 heteroatoms. The standard InChI is InChI=1S/C27H29FN6O2/c1-27(2,3)36-26(35)31-21-10-12-34(13-11-21)23-9-6-18(15-29-23)19-14-22-25(30-16-19)33-24(32-22)17-4-7-20(28)8-5-17/h4-9,14-16,21H,10-13H2,1-3H3,(H,31,35)(H,30,32,33). The van der Waals surface area contributed by atoms with E-state index in [0.717, 1.165) is 54.0 Å². The van der Waals surface area contributed by atoms with Crippen molar-refractivity contribution in [1.29, 1.82) is 0 Å². The Morgan fingerprint density at radius 1 is 1.03 bits per heavy atom. The smallest absolute Gasteiger partial charge is 0.407 e. The number of fused-ring (bicyclic) bond motifs is 1. The van der Waals surface area contributed by atoms with Gasteiger partial charge in [-0.1, -0.05) is 0 Å². The van der Waals surface area contributed by atoms with Crippen LogP contribution < -0.4 is 10.2 Å². The van der Waals surface area contributed by atoms with Gasteiger partial charge in [-0.25, -0.2) is 24.1 Å². The number of carbonyl (C=O) groups excluding carboxylic acids is 1. The number of imidazole rings is 1. The topological polar surface area (TPSA) is 96.0 Å². The van der Waals surface area contributed by atoms with E-state index in [1.807, 2.05) is 45.2 Å². The number of rotatable bonds is 4. The van der Waals surface area contributed by atoms with Gasteiger partial charge in [-0.05, 0) is 76.1 Å². The molecule has 2 N–H and O–H groups in total. The van der Waals surface area contributed by atoms with Crippen molar-refractivity contribution in [3.63, 3.8) is 0 Å². The fraction of sp³-hybridized carbons (Fsp3) is 0.333. The van der Waals surface area contributed by atoms with Gasteiger partial charge < -0.3 is 19.9 Å². The lowest BCUT2D eigenvalue weighted by atomic mass is 10.0. The summed E-state index contributed by atoms with van der Waals surface area (Å²) in [5, 5.41) is 2.97. The van der Waals surface area contributed by atoms with E-state index in [9.17, 15) is 9.18 Å². The number of hydrogen-bond acceptors (Lipinski definition) is 6. The summed E-state index contributed by atoms with van der Waals surface area (Å²) in [6.45, 7) is 7.19. The molecule has 1 fully saturated rings. The van der Waals surface area contributed by atoms with Gasteiger partial charge in [0.25, 0.3) is 0 Å². The van der Waals surface area contributed by atoms with E-state index in [1.165, 1.54) is 12.1 Å². The summed E-state index contributed by atoms with van der Waals surface area (Å²) in [4.78, 5) is 31.2. The van der Waals surface area contributed by atoms with Crippen LogP contribution in [0.1, 0.15) is 33.6 Å². The number of ether oxygens (including phenoxy) is 1. The van der Waals surface area contributed by atoms with Gasteiger partial charge in [-0.15, -0.1) is 0 Å². The Morgan fingerprint density at radius 3 is 2.39 bits per heavy atom. The molecule has 8 nitrogen and oxygen atoms in total. The molecule has 0 bridgehead atoms. The number of pyridine rings is 2. The summed E-state index contributed by atoms with van der Waals surface area (Å²) >= 11 is 0. The first kappa shape index (κ1) is 23.7. The third kappa shape index (κ3) is 5.45. The van der Waals surface area contributed by atoms with Crippen LogP contribution in [-0.4, -0.2) is 50.8 Å². The molecule has 186 valence electrons. The van der Waals surface area contributed by atoms with Gasteiger partial charge in [0.05, 0.1) is 5.52 Å². The Bertz CT molecular complexity index is 1350. The number of anilines is 1. The highest BCUT2D eigenvalue weighted by atomic mass is 19.1. The number of alkyl carbamates (subject to hydrolysis) is 1. The van der Waals surface area contributed by atoms with Crippen LogP contribution in [0.5, 0.6) is 0 Å². The number of benzene rings is 1. The Morgan fingerprint density at radius 2 is 1.72 bits per heavy atom. The normalized spacial score (nSPS) is 14.7. The zero-order chi connectivity index (χ0) is 25.3. The number of aromatic nitrogens is 4. The summed E-state index contributed by atoms with van der Waals surface area (Å²) in [7, 11) is 0. The molecule has 1 saturated heterocycles. The summed E-state index contributed by atoms with van der Waals surface area (Å²) in [6, 6.07) is 12.3. The summed E-state index contributed by atoms with van der Waals surface area (Å²) in [6.07, 6.45) is 4.93. The minimum Gasteiger partial charge on any atom is -0.444 e. The van der Waals surface area contributed by atoms with E-state index in [0.29, 0.717) is 11.5 Å². The van der Waals surface area contributed by atoms with Crippen molar-refractivity contribution in [3.8, 4) is 22.5 Å². The molecule has 4 aromatic rings. The van der Waals surface area contributed by atoms with E-state index in [4.69, 9.17) is 4.74 Å². The monoisotopic (exact) mass is 488 g/mol. The molecule has 1 aromatic carbocycles. The first-order chi connectivity index (χ1) is 17.2. The van der Waals surface area contributed by atoms with Crippen LogP contribution in [0.3, 0.4) is 0 Å². The third-order valence-electron chi connectivity index (χ3n) is 6.08. The average Bonchev–Trinajstić information content (AvgIpc) is 3.27. The molecular weight excluding hydrogens is 459 g/mol. The average molecular weight is 489 g/mol. The maximum absolute atomic E-state index is 13.2. The van der Waals surface area contributed by atoms with E-state index >= 15 is 0 Å². The zero-order valence-corrected chi connectivity index (χ0v) is 20.6. The van der Waals surface area contributed by atoms with Gasteiger partial charge in [-0.3, -0.25) is 0 Å². The van der Waals surface area contributed by atoms with E-state index in [1.54, 1.807) is 18.3 Å². The van der Waals surface area contributed by atoms with Gasteiger partial charge in [-0.2, -0.15) is 0 Å². The van der Waals surface area contributed by atoms with Crippen molar-refractivity contribution >= 4 is 23.1 Å². The van der Waals surface area contributed by atoms with Crippen LogP contribution in [0.15, 0.2) is 54.9 Å². The SMILES string of the molecule is CC(C)(C)OC(=O)NC1CCN(c2ccc(-c3cnc4nc(-c5ccc(F)cc5)[nH]c4c3)cn2)CC1. The molecule has 0 aliphatic carbocycles. The largest absolute Gasteiger partial charge is 0.444 e. The second-order valence-electron chi connectivity index (χ2n) is 10.0. The Balaban J connectivity index is 1.23. The fourth-order valence-electron chi connectivity index (χ4n) is 4.27. The lowest BCUT2D eigenvalue weighted by Gasteiger charge is -2.33. The number of amides is 1. The van der Waals surface area contributed by atoms with Crippen LogP contribution >= 0.6 is 0 Å². The number of piperidine rings is 1. The maximum Gasteiger partial charge on any atom is 0.407 e. The second-order valence-corrected chi connectivity index (χ2v) is 10.0. The molecule has 4 heterocycles. The molecule has 5 rings (SSSR count). The molecule has 0 radical (unpaired) electrons. The maximum atomic E-state index is 13.2. The highest BCUT2D eigenvalue weighted by Gasteiger charge is 2.24. The van der Waals surface area contributed by atoms with Gasteiger partial charge in [0, 0.05) is 48.2 Å². The first-order valence-corrected chi connectivity index (χ1v) is 12.1. The highest BCUT2D eigenvalue weighted by Crippen LogP contribution is 2.26. The highest BCUT2D eigenvalue weighted by molar-refractivity contribution is 5.81. The van der Waals surface area contributed by atoms with Crippen molar-refractivity contribution < 1.29 is 13.9 Å². The van der Waals surface area contributed by atoms with E-state index in [-0.39, 0.29) is 18.0 Å². The molecule has 1 amide bonds. The summed E-state index contributed by atoms with van der Waals surface area (Å²) in [5.41, 5.74) is 3.58. The van der Waals surface area contributed by atoms with Crippen molar-refractivity contribution in [2.75, 3.05) is 18.0 Å². The van der Waals surface area contributed by atoms with Gasteiger partial charge in [0.2, 0.25) is 0 Å². The molecule has 1 aliphatic heterocycles. The Kier molecular flexibility index (Phi) is 6.30. The lowest BCUT2D eigenvalue weighted by Crippen LogP contribution is -2.46. The van der Waals surface area contributed by atoms with E-state index < -0.39 is 5.60 Å². The molecule has 36 heavy (non-hydrogen) atoms. The second kappa shape index (κ2) is 9.56. The van der Waals surface area contributed by atoms with Gasteiger partial charge in [0.1, 0.15) is 23.1 Å². The lowest BCUT2D eigenvalue weighted by molar-refractivity contribution is 0.0497. The van der Waals surface area contributed by atoms with Crippen LogP contribution in [0.2, 0.25) is 0 Å². The van der Waals surface area contributed by atoms with E-state index in [2.05, 4.69) is 30.2 Å². The number of halogens is 1. The molecule has 1 aliphatic rings. The summed E-state index contributed by atoms with van der Waals surface area (Å²) in [5.74, 6) is 1.27. The number of hydrogen-bond donors (Lipinski definition) is 2. The Hall–Kier alpha value is -4.01. The van der Waals surface area contributed by atoms with Crippen LogP contribution in [0.4, 0.5) is 15.0 Å². The van der Waals surface area contributed by atoms with Crippen molar-refractivity contribution in [3.05, 3.63) is 60.7 Å². The van der Waals surface area contributed by atoms with Crippen molar-refractivity contribution in [2.24, 2.45) is 0 Å². The number of carbonyl (C=O) groups is 1. The third-order valence-corrected chi connectivity index (χ3v) is 6.08. The molecule has 3 aromatic heterocycles. The predicted molar refractivity (Wildman–Crippen MR) is 137 cm³/mol. The number of aromatic amines is 1. The molecular formula is C27H29FN6O2. The minimum atomic E-state index is -0.501. The van der Waals surface area contributed by atoms with Gasteiger partial charge >= 0.3 is 6.09 Å². The number of H-pyrrole nitrogens is 1. The van der Waals surface area contributed by atoms with Gasteiger partial charge in [0.15, 0.2) is 5.65 Å². The zero-order valence-electron chi connectivity index (χ0n) is 20.6. The van der Waals surface area contributed by atoms with Crippen molar-refractivity contribution in [1.82, 2.24) is 25.3 Å². The molecule has 0 unspecified atom stereocenters.